The number of rotatable bonds is 11. The number of carbonyl (C=O) groups is 1. The molecule has 7 heteroatoms. The summed E-state index contributed by atoms with van der Waals surface area (Å²) in [6.07, 6.45) is 0.274. The van der Waals surface area contributed by atoms with Crippen molar-refractivity contribution in [2.75, 3.05) is 53.3 Å². The molecule has 0 rings (SSSR count). The van der Waals surface area contributed by atoms with E-state index in [-0.39, 0.29) is 24.8 Å². The van der Waals surface area contributed by atoms with Gasteiger partial charge in [0.2, 0.25) is 0 Å². The standard InChI is InChI=1S/C10H21NO5.ClH/c1-13-10(12)2-4-14-6-8-16-9-7-15-5-3-11;/h2-9,11H2,1H3;1H. The smallest absolute Gasteiger partial charge is 0.307 e. The highest BCUT2D eigenvalue weighted by Gasteiger charge is 1.98. The SMILES string of the molecule is COC(=O)CCOCCOCCOCCN.Cl. The molecule has 0 saturated heterocycles. The van der Waals surface area contributed by atoms with Gasteiger partial charge in [-0.1, -0.05) is 0 Å². The van der Waals surface area contributed by atoms with Crippen LogP contribution in [0.3, 0.4) is 0 Å². The van der Waals surface area contributed by atoms with Crippen LogP contribution >= 0.6 is 12.4 Å². The lowest BCUT2D eigenvalue weighted by molar-refractivity contribution is -0.141. The Balaban J connectivity index is 0. The highest BCUT2D eigenvalue weighted by atomic mass is 35.5. The van der Waals surface area contributed by atoms with Gasteiger partial charge >= 0.3 is 5.97 Å². The lowest BCUT2D eigenvalue weighted by atomic mass is 10.5. The van der Waals surface area contributed by atoms with Crippen molar-refractivity contribution in [3.63, 3.8) is 0 Å². The predicted octanol–water partition coefficient (Wildman–Crippen LogP) is -0.0202. The number of hydrogen-bond acceptors (Lipinski definition) is 6. The average Bonchev–Trinajstić information content (AvgIpc) is 2.31. The van der Waals surface area contributed by atoms with Crippen LogP contribution in [0.5, 0.6) is 0 Å². The Bertz CT molecular complexity index is 171. The first-order chi connectivity index (χ1) is 7.81. The zero-order valence-electron chi connectivity index (χ0n) is 10.2. The summed E-state index contributed by atoms with van der Waals surface area (Å²) in [6.45, 7) is 3.47. The van der Waals surface area contributed by atoms with Gasteiger partial charge in [-0.15, -0.1) is 12.4 Å². The van der Waals surface area contributed by atoms with Gasteiger partial charge in [0.25, 0.3) is 0 Å². The van der Waals surface area contributed by atoms with E-state index in [0.29, 0.717) is 46.2 Å². The van der Waals surface area contributed by atoms with Crippen LogP contribution in [-0.4, -0.2) is 59.3 Å². The molecule has 6 nitrogen and oxygen atoms in total. The minimum atomic E-state index is -0.267. The molecule has 2 N–H and O–H groups in total. The second-order valence-electron chi connectivity index (χ2n) is 2.95. The molecule has 0 aromatic heterocycles. The number of hydrogen-bond donors (Lipinski definition) is 1. The van der Waals surface area contributed by atoms with Crippen LogP contribution in [0.4, 0.5) is 0 Å². The number of methoxy groups -OCH3 is 1. The van der Waals surface area contributed by atoms with Gasteiger partial charge in [-0.2, -0.15) is 0 Å². The maximum absolute atomic E-state index is 10.7. The first kappa shape index (κ1) is 19.0. The summed E-state index contributed by atoms with van der Waals surface area (Å²) in [5, 5.41) is 0. The third-order valence-corrected chi connectivity index (χ3v) is 1.68. The van der Waals surface area contributed by atoms with Crippen LogP contribution in [0.2, 0.25) is 0 Å². The third kappa shape index (κ3) is 15.6. The van der Waals surface area contributed by atoms with Crippen LogP contribution in [0, 0.1) is 0 Å². The van der Waals surface area contributed by atoms with Gasteiger partial charge in [-0.05, 0) is 0 Å². The second kappa shape index (κ2) is 15.6. The summed E-state index contributed by atoms with van der Waals surface area (Å²) in [5.74, 6) is -0.267. The fourth-order valence-corrected chi connectivity index (χ4v) is 0.883. The fraction of sp³-hybridized carbons (Fsp3) is 0.900. The highest BCUT2D eigenvalue weighted by Crippen LogP contribution is 1.86. The molecule has 0 aromatic rings. The van der Waals surface area contributed by atoms with Crippen molar-refractivity contribution in [3.8, 4) is 0 Å². The van der Waals surface area contributed by atoms with E-state index in [9.17, 15) is 4.79 Å². The van der Waals surface area contributed by atoms with Crippen LogP contribution in [-0.2, 0) is 23.7 Å². The summed E-state index contributed by atoms with van der Waals surface area (Å²) in [6, 6.07) is 0. The largest absolute Gasteiger partial charge is 0.469 e. The lowest BCUT2D eigenvalue weighted by Gasteiger charge is -2.05. The molecule has 0 fully saturated rings. The second-order valence-corrected chi connectivity index (χ2v) is 2.95. The van der Waals surface area contributed by atoms with Gasteiger partial charge < -0.3 is 24.7 Å². The van der Waals surface area contributed by atoms with Gasteiger partial charge in [0.05, 0.1) is 53.2 Å². The fourth-order valence-electron chi connectivity index (χ4n) is 0.883. The summed E-state index contributed by atoms with van der Waals surface area (Å²) >= 11 is 0. The normalized spacial score (nSPS) is 9.76. The van der Waals surface area contributed by atoms with Crippen LogP contribution in [0.25, 0.3) is 0 Å². The molecular formula is C10H22ClNO5. The van der Waals surface area contributed by atoms with Gasteiger partial charge in [0.15, 0.2) is 0 Å². The van der Waals surface area contributed by atoms with E-state index in [1.807, 2.05) is 0 Å². The summed E-state index contributed by atoms with van der Waals surface area (Å²) in [7, 11) is 1.35. The molecule has 0 heterocycles. The Kier molecular flexibility index (Phi) is 17.4. The molecule has 0 radical (unpaired) electrons. The molecule has 0 aliphatic rings. The Morgan fingerprint density at radius 3 is 1.88 bits per heavy atom. The first-order valence-electron chi connectivity index (χ1n) is 5.31. The molecule has 17 heavy (non-hydrogen) atoms. The van der Waals surface area contributed by atoms with Crippen molar-refractivity contribution >= 4 is 18.4 Å². The predicted molar refractivity (Wildman–Crippen MR) is 65.4 cm³/mol. The molecule has 104 valence electrons. The molecule has 0 aliphatic carbocycles. The molecule has 0 saturated carbocycles. The van der Waals surface area contributed by atoms with E-state index in [1.54, 1.807) is 0 Å². The van der Waals surface area contributed by atoms with Gasteiger partial charge in [0, 0.05) is 6.54 Å². The first-order valence-corrected chi connectivity index (χ1v) is 5.31. The van der Waals surface area contributed by atoms with Crippen molar-refractivity contribution in [1.29, 1.82) is 0 Å². The quantitative estimate of drug-likeness (QED) is 0.420. The number of carbonyl (C=O) groups excluding carboxylic acids is 1. The van der Waals surface area contributed by atoms with Crippen LogP contribution in [0.1, 0.15) is 6.42 Å². The molecule has 0 unspecified atom stereocenters. The molecular weight excluding hydrogens is 250 g/mol. The number of nitrogens with two attached hydrogens (primary N) is 1. The Labute approximate surface area is 108 Å². The van der Waals surface area contributed by atoms with Gasteiger partial charge in [-0.25, -0.2) is 0 Å². The van der Waals surface area contributed by atoms with E-state index in [1.165, 1.54) is 7.11 Å². The maximum atomic E-state index is 10.7. The van der Waals surface area contributed by atoms with E-state index >= 15 is 0 Å². The average molecular weight is 272 g/mol. The van der Waals surface area contributed by atoms with Crippen LogP contribution in [0.15, 0.2) is 0 Å². The van der Waals surface area contributed by atoms with Crippen molar-refractivity contribution in [2.45, 2.75) is 6.42 Å². The van der Waals surface area contributed by atoms with E-state index in [4.69, 9.17) is 19.9 Å². The van der Waals surface area contributed by atoms with Gasteiger partial charge in [-0.3, -0.25) is 4.79 Å². The topological polar surface area (TPSA) is 80.0 Å². The highest BCUT2D eigenvalue weighted by molar-refractivity contribution is 5.85. The summed E-state index contributed by atoms with van der Waals surface area (Å²) < 4.78 is 19.9. The zero-order chi connectivity index (χ0) is 12.1. The molecule has 0 amide bonds. The summed E-state index contributed by atoms with van der Waals surface area (Å²) in [5.41, 5.74) is 5.24. The van der Waals surface area contributed by atoms with Crippen LogP contribution < -0.4 is 5.73 Å². The Hall–Kier alpha value is -0.400. The molecule has 0 aliphatic heterocycles. The minimum Gasteiger partial charge on any atom is -0.469 e. The minimum absolute atomic E-state index is 0. The summed E-state index contributed by atoms with van der Waals surface area (Å²) in [4.78, 5) is 10.7. The van der Waals surface area contributed by atoms with Crippen molar-refractivity contribution in [3.05, 3.63) is 0 Å². The van der Waals surface area contributed by atoms with Crippen molar-refractivity contribution in [1.82, 2.24) is 0 Å². The van der Waals surface area contributed by atoms with Gasteiger partial charge in [0.1, 0.15) is 0 Å². The van der Waals surface area contributed by atoms with Crippen molar-refractivity contribution in [2.24, 2.45) is 5.73 Å². The Morgan fingerprint density at radius 1 is 0.941 bits per heavy atom. The molecule has 0 aromatic carbocycles. The molecule has 0 atom stereocenters. The maximum Gasteiger partial charge on any atom is 0.307 e. The Morgan fingerprint density at radius 2 is 1.41 bits per heavy atom. The molecule has 0 spiro atoms. The zero-order valence-corrected chi connectivity index (χ0v) is 11.0. The van der Waals surface area contributed by atoms with Crippen molar-refractivity contribution < 1.29 is 23.7 Å². The monoisotopic (exact) mass is 271 g/mol. The number of esters is 1. The molecule has 0 bridgehead atoms. The van der Waals surface area contributed by atoms with E-state index < -0.39 is 0 Å². The number of halogens is 1. The van der Waals surface area contributed by atoms with E-state index in [2.05, 4.69) is 4.74 Å². The third-order valence-electron chi connectivity index (χ3n) is 1.68. The lowest BCUT2D eigenvalue weighted by Crippen LogP contribution is -2.14. The number of ether oxygens (including phenoxy) is 4. The van der Waals surface area contributed by atoms with E-state index in [0.717, 1.165) is 0 Å².